The lowest BCUT2D eigenvalue weighted by atomic mass is 9.87. The first-order chi connectivity index (χ1) is 20.1. The monoisotopic (exact) mass is 556 g/mol. The number of rotatable bonds is 12. The number of nitrogens with zero attached hydrogens (tertiary/aromatic N) is 2. The number of carbonyl (C=O) groups is 1. The van der Waals surface area contributed by atoms with Crippen molar-refractivity contribution >= 4 is 17.0 Å². The summed E-state index contributed by atoms with van der Waals surface area (Å²) < 4.78 is 23.4. The summed E-state index contributed by atoms with van der Waals surface area (Å²) in [5, 5.41) is 10.7. The summed E-state index contributed by atoms with van der Waals surface area (Å²) in [7, 11) is 1.66. The molecule has 8 nitrogen and oxygen atoms in total. The SMILES string of the molecule is COc1ccccc1COCCCOc1ccc([C@H]2CCN(C(=O)O)C[C@@H]2OCc2ccc3cccnc3c2)cc1. The third-order valence-electron chi connectivity index (χ3n) is 7.42. The first kappa shape index (κ1) is 28.4. The van der Waals surface area contributed by atoms with Crippen molar-refractivity contribution in [1.82, 2.24) is 9.88 Å². The third kappa shape index (κ3) is 7.54. The van der Waals surface area contributed by atoms with E-state index in [1.165, 1.54) is 4.90 Å². The predicted octanol–water partition coefficient (Wildman–Crippen LogP) is 6.28. The molecule has 214 valence electrons. The van der Waals surface area contributed by atoms with Crippen LogP contribution in [-0.4, -0.2) is 60.6 Å². The molecule has 4 aromatic rings. The second-order valence-electron chi connectivity index (χ2n) is 10.1. The van der Waals surface area contributed by atoms with E-state index in [4.69, 9.17) is 18.9 Å². The van der Waals surface area contributed by atoms with Gasteiger partial charge in [0.05, 0.1) is 51.7 Å². The van der Waals surface area contributed by atoms with Gasteiger partial charge in [-0.15, -0.1) is 0 Å². The Morgan fingerprint density at radius 3 is 2.68 bits per heavy atom. The van der Waals surface area contributed by atoms with Crippen LogP contribution in [0, 0.1) is 0 Å². The zero-order chi connectivity index (χ0) is 28.4. The van der Waals surface area contributed by atoms with Gasteiger partial charge in [-0.05, 0) is 47.9 Å². The summed E-state index contributed by atoms with van der Waals surface area (Å²) >= 11 is 0. The average Bonchev–Trinajstić information content (AvgIpc) is 3.02. The van der Waals surface area contributed by atoms with Crippen molar-refractivity contribution in [3.8, 4) is 11.5 Å². The number of carboxylic acid groups (broad SMARTS) is 1. The number of methoxy groups -OCH3 is 1. The lowest BCUT2D eigenvalue weighted by Crippen LogP contribution is -2.46. The van der Waals surface area contributed by atoms with E-state index in [2.05, 4.69) is 17.1 Å². The number of piperidine rings is 1. The van der Waals surface area contributed by atoms with E-state index in [0.717, 1.165) is 45.5 Å². The van der Waals surface area contributed by atoms with Crippen molar-refractivity contribution in [1.29, 1.82) is 0 Å². The Kier molecular flexibility index (Phi) is 9.67. The lowest BCUT2D eigenvalue weighted by molar-refractivity contribution is -0.0199. The van der Waals surface area contributed by atoms with Gasteiger partial charge >= 0.3 is 6.09 Å². The number of aromatic nitrogens is 1. The molecule has 2 atom stereocenters. The fourth-order valence-corrected chi connectivity index (χ4v) is 5.21. The Hall–Kier alpha value is -4.14. The van der Waals surface area contributed by atoms with Crippen LogP contribution in [0.1, 0.15) is 35.4 Å². The minimum Gasteiger partial charge on any atom is -0.496 e. The predicted molar refractivity (Wildman–Crippen MR) is 156 cm³/mol. The van der Waals surface area contributed by atoms with Gasteiger partial charge in [-0.3, -0.25) is 4.98 Å². The molecule has 1 saturated heterocycles. The Morgan fingerprint density at radius 1 is 1.00 bits per heavy atom. The first-order valence-corrected chi connectivity index (χ1v) is 14.0. The molecule has 41 heavy (non-hydrogen) atoms. The molecular weight excluding hydrogens is 520 g/mol. The zero-order valence-corrected chi connectivity index (χ0v) is 23.3. The fraction of sp³-hybridized carbons (Fsp3) is 0.333. The highest BCUT2D eigenvalue weighted by Gasteiger charge is 2.33. The highest BCUT2D eigenvalue weighted by molar-refractivity contribution is 5.78. The number of para-hydroxylation sites is 1. The third-order valence-corrected chi connectivity index (χ3v) is 7.42. The van der Waals surface area contributed by atoms with E-state index in [1.807, 2.05) is 66.7 Å². The normalized spacial score (nSPS) is 17.0. The van der Waals surface area contributed by atoms with Crippen LogP contribution in [0.3, 0.4) is 0 Å². The number of benzene rings is 3. The van der Waals surface area contributed by atoms with Crippen LogP contribution in [0.25, 0.3) is 10.9 Å². The highest BCUT2D eigenvalue weighted by atomic mass is 16.5. The van der Waals surface area contributed by atoms with Crippen molar-refractivity contribution < 1.29 is 28.8 Å². The maximum atomic E-state index is 11.7. The van der Waals surface area contributed by atoms with E-state index >= 15 is 0 Å². The van der Waals surface area contributed by atoms with Gasteiger partial charge in [0.25, 0.3) is 0 Å². The molecule has 0 bridgehead atoms. The van der Waals surface area contributed by atoms with Crippen molar-refractivity contribution in [2.45, 2.75) is 38.1 Å². The van der Waals surface area contributed by atoms with Crippen molar-refractivity contribution in [2.75, 3.05) is 33.4 Å². The summed E-state index contributed by atoms with van der Waals surface area (Å²) in [6.07, 6.45) is 2.07. The van der Waals surface area contributed by atoms with Crippen molar-refractivity contribution in [3.63, 3.8) is 0 Å². The molecule has 0 spiro atoms. The zero-order valence-electron chi connectivity index (χ0n) is 23.3. The lowest BCUT2D eigenvalue weighted by Gasteiger charge is -2.37. The van der Waals surface area contributed by atoms with Gasteiger partial charge in [-0.1, -0.05) is 48.5 Å². The van der Waals surface area contributed by atoms with Gasteiger partial charge in [0, 0.05) is 36.0 Å². The number of hydrogen-bond acceptors (Lipinski definition) is 6. The first-order valence-electron chi connectivity index (χ1n) is 14.0. The maximum Gasteiger partial charge on any atom is 0.407 e. The number of amides is 1. The molecule has 0 saturated carbocycles. The minimum absolute atomic E-state index is 0.0848. The minimum atomic E-state index is -0.914. The molecule has 2 heterocycles. The molecule has 5 rings (SSSR count). The molecule has 0 aliphatic carbocycles. The van der Waals surface area contributed by atoms with Gasteiger partial charge in [0.2, 0.25) is 0 Å². The van der Waals surface area contributed by atoms with E-state index in [1.54, 1.807) is 13.3 Å². The molecule has 8 heteroatoms. The number of likely N-dealkylation sites (tertiary alicyclic amines) is 1. The second-order valence-corrected chi connectivity index (χ2v) is 10.1. The van der Waals surface area contributed by atoms with Gasteiger partial charge in [0.15, 0.2) is 0 Å². The van der Waals surface area contributed by atoms with Crippen LogP contribution in [0.2, 0.25) is 0 Å². The average molecular weight is 557 g/mol. The maximum absolute atomic E-state index is 11.7. The van der Waals surface area contributed by atoms with Gasteiger partial charge in [0.1, 0.15) is 11.5 Å². The fourth-order valence-electron chi connectivity index (χ4n) is 5.21. The van der Waals surface area contributed by atoms with Crippen LogP contribution in [-0.2, 0) is 22.7 Å². The largest absolute Gasteiger partial charge is 0.496 e. The van der Waals surface area contributed by atoms with E-state index in [-0.39, 0.29) is 12.0 Å². The van der Waals surface area contributed by atoms with E-state index < -0.39 is 6.09 Å². The summed E-state index contributed by atoms with van der Waals surface area (Å²) in [5.74, 6) is 1.71. The van der Waals surface area contributed by atoms with Crippen molar-refractivity contribution in [2.24, 2.45) is 0 Å². The molecular formula is C33H36N2O6. The topological polar surface area (TPSA) is 90.4 Å². The molecule has 0 radical (unpaired) electrons. The van der Waals surface area contributed by atoms with Crippen LogP contribution in [0.15, 0.2) is 85.1 Å². The van der Waals surface area contributed by atoms with Crippen LogP contribution in [0.5, 0.6) is 11.5 Å². The second kappa shape index (κ2) is 14.0. The number of ether oxygens (including phenoxy) is 4. The summed E-state index contributed by atoms with van der Waals surface area (Å²) in [6, 6.07) is 26.0. The number of hydrogen-bond donors (Lipinski definition) is 1. The number of fused-ring (bicyclic) bond motifs is 1. The van der Waals surface area contributed by atoms with Gasteiger partial charge in [-0.25, -0.2) is 4.79 Å². The Bertz CT molecular complexity index is 1430. The van der Waals surface area contributed by atoms with Gasteiger partial charge in [-0.2, -0.15) is 0 Å². The molecule has 1 aliphatic rings. The summed E-state index contributed by atoms with van der Waals surface area (Å²) in [6.45, 7) is 2.84. The molecule has 1 aliphatic heterocycles. The van der Waals surface area contributed by atoms with Crippen LogP contribution in [0.4, 0.5) is 4.79 Å². The van der Waals surface area contributed by atoms with E-state index in [9.17, 15) is 9.90 Å². The molecule has 1 aromatic heterocycles. The molecule has 0 unspecified atom stereocenters. The molecule has 3 aromatic carbocycles. The van der Waals surface area contributed by atoms with Crippen LogP contribution >= 0.6 is 0 Å². The highest BCUT2D eigenvalue weighted by Crippen LogP contribution is 2.32. The van der Waals surface area contributed by atoms with Crippen molar-refractivity contribution in [3.05, 3.63) is 102 Å². The Labute approximate surface area is 240 Å². The number of pyridine rings is 1. The quantitative estimate of drug-likeness (QED) is 0.205. The van der Waals surface area contributed by atoms with Crippen LogP contribution < -0.4 is 9.47 Å². The van der Waals surface area contributed by atoms with E-state index in [0.29, 0.717) is 45.9 Å². The molecule has 1 fully saturated rings. The molecule has 1 amide bonds. The summed E-state index contributed by atoms with van der Waals surface area (Å²) in [5.41, 5.74) is 4.07. The Morgan fingerprint density at radius 2 is 1.85 bits per heavy atom. The summed E-state index contributed by atoms with van der Waals surface area (Å²) in [4.78, 5) is 17.6. The van der Waals surface area contributed by atoms with Gasteiger partial charge < -0.3 is 29.0 Å². The standard InChI is InChI=1S/C33H36N2O6/c1-38-31-8-3-2-6-27(31)23-39-18-5-19-40-28-13-11-25(12-14-28)29-15-17-35(33(36)37)21-32(29)41-22-24-9-10-26-7-4-16-34-30(26)20-24/h2-4,6-14,16,20,29,32H,5,15,17-19,21-23H2,1H3,(H,36,37)/t29-,32+/m1/s1. The molecule has 1 N–H and O–H groups in total. The smallest absolute Gasteiger partial charge is 0.407 e. The Balaban J connectivity index is 1.13.